The Morgan fingerprint density at radius 1 is 0.462 bits per heavy atom. The second-order valence-electron chi connectivity index (χ2n) is 26.9. The van der Waals surface area contributed by atoms with Crippen LogP contribution in [-0.4, -0.2) is 92.1 Å². The minimum absolute atomic E-state index is 0.0860. The van der Waals surface area contributed by atoms with Gasteiger partial charge in [0.1, 0.15) is 59.0 Å². The van der Waals surface area contributed by atoms with Gasteiger partial charge in [0, 0.05) is 52.8 Å². The zero-order valence-electron chi connectivity index (χ0n) is 57.2. The number of para-hydroxylation sites is 1. The van der Waals surface area contributed by atoms with E-state index in [1.165, 1.54) is 63.9 Å². The molecule has 18 rings (SSSR count). The van der Waals surface area contributed by atoms with Crippen LogP contribution in [0.2, 0.25) is 0 Å². The van der Waals surface area contributed by atoms with Crippen molar-refractivity contribution in [3.8, 4) is 33.8 Å². The molecule has 104 heavy (non-hydrogen) atoms. The SMILES string of the molecule is Cc1cc2[nH]ncc2cc1C(=O)NCc1ccc(-c2nn(C3CCCC3)c3ncnc(N)c23)cc1.Nc1ncnc2c1c(-c1ccc(CNC(=O)c3cccc4ccccc34)cc1)nn2C1CCCC1.Nc1ncnc2c1c(-c1ccc(CNC(=O)c3cccc4ocnc34)cc1)nn2C1CCCC1. The number of rotatable bonds is 15. The summed E-state index contributed by atoms with van der Waals surface area (Å²) in [4.78, 5) is 68.7. The van der Waals surface area contributed by atoms with Crippen molar-refractivity contribution in [3.05, 3.63) is 216 Å². The highest BCUT2D eigenvalue weighted by atomic mass is 16.3. The van der Waals surface area contributed by atoms with Gasteiger partial charge >= 0.3 is 0 Å². The zero-order chi connectivity index (χ0) is 70.8. The highest BCUT2D eigenvalue weighted by Crippen LogP contribution is 2.40. The topological polar surface area (TPSA) is 351 Å². The maximum Gasteiger partial charge on any atom is 0.253 e. The number of amides is 3. The van der Waals surface area contributed by atoms with E-state index in [1.54, 1.807) is 24.4 Å². The summed E-state index contributed by atoms with van der Waals surface area (Å²) in [5.41, 5.74) is 34.1. The number of hydrogen-bond acceptors (Lipinski definition) is 18. The Kier molecular flexibility index (Phi) is 18.1. The summed E-state index contributed by atoms with van der Waals surface area (Å²) in [5.74, 6) is 0.923. The van der Waals surface area contributed by atoms with Crippen molar-refractivity contribution in [2.45, 2.75) is 122 Å². The van der Waals surface area contributed by atoms with E-state index in [0.29, 0.717) is 83.0 Å². The van der Waals surface area contributed by atoms with E-state index >= 15 is 0 Å². The predicted molar refractivity (Wildman–Crippen MR) is 400 cm³/mol. The third-order valence-electron chi connectivity index (χ3n) is 20.3. The number of nitrogens with zero attached hydrogens (tertiary/aromatic N) is 14. The van der Waals surface area contributed by atoms with Crippen molar-refractivity contribution in [2.24, 2.45) is 0 Å². The van der Waals surface area contributed by atoms with Crippen LogP contribution in [0.3, 0.4) is 0 Å². The number of aromatic nitrogens is 15. The number of hydrogen-bond donors (Lipinski definition) is 7. The van der Waals surface area contributed by atoms with Gasteiger partial charge in [-0.15, -0.1) is 0 Å². The lowest BCUT2D eigenvalue weighted by Gasteiger charge is -2.10. The standard InChI is InChI=1S/C28H26N6O.C26H26N8O.C25H23N7O2/c29-26-24-25(33-34(21-8-2-3-9-21)27(24)32-17-31-26)20-14-12-18(13-15-20)16-30-28(35)23-11-5-7-19-6-1-4-10-22(19)23;1-15-10-21-18(13-31-32-21)11-20(15)26(35)28-12-16-6-8-17(9-7-16)23-22-24(27)29-14-30-25(22)34(33-23)19-4-2-3-5-19;26-23-20-21(31-32(17-4-1-2-5-17)24(20)29-13-28-23)16-10-8-15(9-11-16)12-27-25(33)18-6-3-7-19-22(18)30-14-34-19/h1,4-7,10-15,17,21H,2-3,8-9,16H2,(H,30,35)(H2,29,31,32);6-11,13-14,19H,2-5,12H2,1H3,(H,28,35)(H,31,32)(H2,27,29,30);3,6-11,13-14,17H,1-2,4-5,12H2,(H,27,33)(H2,26,28,29). The molecule has 0 aliphatic heterocycles. The number of nitrogen functional groups attached to an aromatic ring is 3. The Morgan fingerprint density at radius 2 is 0.875 bits per heavy atom. The minimum atomic E-state index is -0.199. The quantitative estimate of drug-likeness (QED) is 0.0501. The molecule has 3 aliphatic rings. The van der Waals surface area contributed by atoms with E-state index in [0.717, 1.165) is 149 Å². The summed E-state index contributed by atoms with van der Waals surface area (Å²) in [6.07, 6.45) is 21.4. The second-order valence-corrected chi connectivity index (χ2v) is 26.9. The van der Waals surface area contributed by atoms with E-state index in [4.69, 9.17) is 36.9 Å². The van der Waals surface area contributed by atoms with Gasteiger partial charge in [-0.2, -0.15) is 20.4 Å². The molecule has 25 heteroatoms. The maximum atomic E-state index is 12.9. The molecule has 3 amide bonds. The third kappa shape index (κ3) is 13.1. The Morgan fingerprint density at radius 3 is 1.35 bits per heavy atom. The number of aryl methyl sites for hydroxylation is 1. The molecule has 15 aromatic rings. The zero-order valence-corrected chi connectivity index (χ0v) is 57.2. The first kappa shape index (κ1) is 65.8. The van der Waals surface area contributed by atoms with Gasteiger partial charge in [-0.25, -0.2) is 48.9 Å². The lowest BCUT2D eigenvalue weighted by Crippen LogP contribution is -2.23. The number of carbonyl (C=O) groups excluding carboxylic acids is 3. The van der Waals surface area contributed by atoms with Gasteiger partial charge in [-0.1, -0.05) is 154 Å². The first-order valence-electron chi connectivity index (χ1n) is 35.3. The van der Waals surface area contributed by atoms with Gasteiger partial charge in [0.05, 0.1) is 51.6 Å². The average Bonchev–Trinajstić information content (AvgIpc) is 1.62. The molecule has 8 aromatic heterocycles. The van der Waals surface area contributed by atoms with Crippen LogP contribution in [0, 0.1) is 6.92 Å². The number of aromatic amines is 1. The van der Waals surface area contributed by atoms with Crippen LogP contribution in [-0.2, 0) is 19.6 Å². The molecule has 10 N–H and O–H groups in total. The van der Waals surface area contributed by atoms with E-state index < -0.39 is 0 Å². The van der Waals surface area contributed by atoms with Crippen molar-refractivity contribution in [1.29, 1.82) is 0 Å². The number of oxazole rings is 1. The number of carbonyl (C=O) groups is 3. The normalized spacial score (nSPS) is 14.2. The Hall–Kier alpha value is -12.8. The second kappa shape index (κ2) is 28.7. The van der Waals surface area contributed by atoms with Crippen LogP contribution in [0.1, 0.15) is 149 Å². The molecule has 0 unspecified atom stereocenters. The Bertz CT molecular complexity index is 5680. The molecule has 520 valence electrons. The Balaban J connectivity index is 0.000000120. The first-order chi connectivity index (χ1) is 51.0. The number of benzene rings is 7. The Labute approximate surface area is 596 Å². The van der Waals surface area contributed by atoms with Crippen LogP contribution in [0.4, 0.5) is 17.5 Å². The van der Waals surface area contributed by atoms with Gasteiger partial charge in [0.15, 0.2) is 28.9 Å². The van der Waals surface area contributed by atoms with Crippen LogP contribution >= 0.6 is 0 Å². The van der Waals surface area contributed by atoms with Gasteiger partial charge in [-0.05, 0) is 109 Å². The summed E-state index contributed by atoms with van der Waals surface area (Å²) < 4.78 is 11.4. The van der Waals surface area contributed by atoms with E-state index in [1.807, 2.05) is 148 Å². The van der Waals surface area contributed by atoms with Crippen LogP contribution in [0.5, 0.6) is 0 Å². The summed E-state index contributed by atoms with van der Waals surface area (Å²) >= 11 is 0. The summed E-state index contributed by atoms with van der Waals surface area (Å²) in [7, 11) is 0. The molecule has 3 aliphatic carbocycles. The third-order valence-corrected chi connectivity index (χ3v) is 20.3. The van der Waals surface area contributed by atoms with Gasteiger partial charge < -0.3 is 37.6 Å². The number of nitrogens with two attached hydrogens (primary N) is 3. The molecule has 3 fully saturated rings. The van der Waals surface area contributed by atoms with Gasteiger partial charge in [0.2, 0.25) is 0 Å². The fraction of sp³-hybridized carbons (Fsp3) is 0.241. The number of nitrogens with one attached hydrogen (secondary N) is 4. The summed E-state index contributed by atoms with van der Waals surface area (Å²) in [6, 6.07) is 47.9. The van der Waals surface area contributed by atoms with Crippen molar-refractivity contribution in [1.82, 2.24) is 90.4 Å². The molecule has 25 nitrogen and oxygen atoms in total. The first-order valence-corrected chi connectivity index (χ1v) is 35.3. The largest absolute Gasteiger partial charge is 0.443 e. The molecule has 0 saturated heterocycles. The van der Waals surface area contributed by atoms with E-state index in [2.05, 4.69) is 61.0 Å². The predicted octanol–water partition coefficient (Wildman–Crippen LogP) is 13.8. The van der Waals surface area contributed by atoms with Crippen LogP contribution in [0.25, 0.3) is 99.6 Å². The minimum Gasteiger partial charge on any atom is -0.443 e. The molecule has 0 spiro atoms. The average molecular weight is 1380 g/mol. The highest BCUT2D eigenvalue weighted by Gasteiger charge is 2.29. The van der Waals surface area contributed by atoms with Crippen LogP contribution in [0.15, 0.2) is 182 Å². The molecule has 8 heterocycles. The van der Waals surface area contributed by atoms with Crippen LogP contribution < -0.4 is 33.2 Å². The van der Waals surface area contributed by atoms with Crippen molar-refractivity contribution < 1.29 is 18.8 Å². The van der Waals surface area contributed by atoms with E-state index in [9.17, 15) is 14.4 Å². The maximum absolute atomic E-state index is 12.9. The summed E-state index contributed by atoms with van der Waals surface area (Å²) in [5, 5.41) is 36.1. The van der Waals surface area contributed by atoms with Gasteiger partial charge in [-0.3, -0.25) is 19.5 Å². The molecule has 0 atom stereocenters. The lowest BCUT2D eigenvalue weighted by molar-refractivity contribution is 0.0943. The smallest absolute Gasteiger partial charge is 0.253 e. The fourth-order valence-corrected chi connectivity index (χ4v) is 14.8. The molecule has 0 radical (unpaired) electrons. The fourth-order valence-electron chi connectivity index (χ4n) is 14.8. The van der Waals surface area contributed by atoms with Gasteiger partial charge in [0.25, 0.3) is 17.7 Å². The number of fused-ring (bicyclic) bond motifs is 6. The van der Waals surface area contributed by atoms with E-state index in [-0.39, 0.29) is 17.7 Å². The van der Waals surface area contributed by atoms with Crippen molar-refractivity contribution >= 4 is 101 Å². The molecule has 3 saturated carbocycles. The molecular formula is C79H75N21O4. The number of H-pyrrole nitrogens is 1. The summed E-state index contributed by atoms with van der Waals surface area (Å²) in [6.45, 7) is 3.17. The molecular weight excluding hydrogens is 1310 g/mol. The highest BCUT2D eigenvalue weighted by molar-refractivity contribution is 6.08. The van der Waals surface area contributed by atoms with Crippen molar-refractivity contribution in [3.63, 3.8) is 0 Å². The lowest BCUT2D eigenvalue weighted by atomic mass is 10.0. The molecule has 0 bridgehead atoms. The molecule has 7 aromatic carbocycles. The monoisotopic (exact) mass is 1380 g/mol. The van der Waals surface area contributed by atoms with Crippen molar-refractivity contribution in [2.75, 3.05) is 17.2 Å². The number of anilines is 3.